The van der Waals surface area contributed by atoms with Gasteiger partial charge in [0.1, 0.15) is 5.75 Å². The molecule has 0 spiro atoms. The van der Waals surface area contributed by atoms with Crippen molar-refractivity contribution in [2.24, 2.45) is 5.92 Å². The van der Waals surface area contributed by atoms with E-state index in [1.54, 1.807) is 0 Å². The molecule has 0 bridgehead atoms. The van der Waals surface area contributed by atoms with Crippen molar-refractivity contribution in [1.29, 1.82) is 0 Å². The summed E-state index contributed by atoms with van der Waals surface area (Å²) in [6.07, 6.45) is 6.09. The predicted octanol–water partition coefficient (Wildman–Crippen LogP) is 6.04. The van der Waals surface area contributed by atoms with Crippen LogP contribution in [-0.4, -0.2) is 6.61 Å². The van der Waals surface area contributed by atoms with Gasteiger partial charge in [-0.15, -0.1) is 0 Å². The molecule has 1 heterocycles. The SMILES string of the molecule is CCCCC(CC)C(Br)c1cc(Br)cc2c1OCC2. The Hall–Kier alpha value is -0.0200. The molecule has 0 fully saturated rings. The van der Waals surface area contributed by atoms with Crippen LogP contribution in [0.4, 0.5) is 0 Å². The quantitative estimate of drug-likeness (QED) is 0.539. The minimum Gasteiger partial charge on any atom is -0.493 e. The molecule has 2 rings (SSSR count). The lowest BCUT2D eigenvalue weighted by Crippen LogP contribution is -2.08. The normalized spacial score (nSPS) is 16.8. The molecule has 106 valence electrons. The lowest BCUT2D eigenvalue weighted by molar-refractivity contribution is 0.348. The van der Waals surface area contributed by atoms with Crippen LogP contribution in [0.2, 0.25) is 0 Å². The van der Waals surface area contributed by atoms with E-state index in [2.05, 4.69) is 57.8 Å². The number of fused-ring (bicyclic) bond motifs is 1. The van der Waals surface area contributed by atoms with Crippen LogP contribution < -0.4 is 4.74 Å². The van der Waals surface area contributed by atoms with Gasteiger partial charge in [-0.25, -0.2) is 0 Å². The van der Waals surface area contributed by atoms with Crippen LogP contribution in [0.15, 0.2) is 16.6 Å². The highest BCUT2D eigenvalue weighted by Gasteiger charge is 2.26. The van der Waals surface area contributed by atoms with Gasteiger partial charge in [0.15, 0.2) is 0 Å². The van der Waals surface area contributed by atoms with Crippen molar-refractivity contribution in [3.63, 3.8) is 0 Å². The van der Waals surface area contributed by atoms with Gasteiger partial charge in [0.05, 0.1) is 6.61 Å². The zero-order valence-corrected chi connectivity index (χ0v) is 14.9. The van der Waals surface area contributed by atoms with Gasteiger partial charge in [0.2, 0.25) is 0 Å². The molecule has 0 aromatic heterocycles. The summed E-state index contributed by atoms with van der Waals surface area (Å²) in [6, 6.07) is 4.41. The van der Waals surface area contributed by atoms with Crippen molar-refractivity contribution < 1.29 is 4.74 Å². The lowest BCUT2D eigenvalue weighted by atomic mass is 9.90. The maximum Gasteiger partial charge on any atom is 0.127 e. The van der Waals surface area contributed by atoms with Crippen LogP contribution in [-0.2, 0) is 6.42 Å². The maximum absolute atomic E-state index is 5.85. The zero-order valence-electron chi connectivity index (χ0n) is 11.7. The molecule has 1 aromatic rings. The topological polar surface area (TPSA) is 9.23 Å². The molecule has 0 aliphatic carbocycles. The largest absolute Gasteiger partial charge is 0.493 e. The second-order valence-electron chi connectivity index (χ2n) is 5.29. The molecule has 1 nitrogen and oxygen atoms in total. The van der Waals surface area contributed by atoms with E-state index < -0.39 is 0 Å². The average molecular weight is 390 g/mol. The van der Waals surface area contributed by atoms with E-state index in [0.717, 1.165) is 18.8 Å². The van der Waals surface area contributed by atoms with Gasteiger partial charge in [0, 0.05) is 21.3 Å². The monoisotopic (exact) mass is 388 g/mol. The minimum absolute atomic E-state index is 0.397. The second-order valence-corrected chi connectivity index (χ2v) is 7.20. The van der Waals surface area contributed by atoms with Gasteiger partial charge >= 0.3 is 0 Å². The van der Waals surface area contributed by atoms with E-state index in [1.807, 2.05) is 0 Å². The fourth-order valence-corrected chi connectivity index (χ4v) is 4.28. The van der Waals surface area contributed by atoms with E-state index >= 15 is 0 Å². The third-order valence-electron chi connectivity index (χ3n) is 3.94. The third kappa shape index (κ3) is 3.55. The molecular formula is C16H22Br2O. The highest BCUT2D eigenvalue weighted by atomic mass is 79.9. The van der Waals surface area contributed by atoms with Gasteiger partial charge in [-0.1, -0.05) is 65.0 Å². The first kappa shape index (κ1) is 15.4. The number of alkyl halides is 1. The number of rotatable bonds is 6. The van der Waals surface area contributed by atoms with Crippen molar-refractivity contribution in [2.45, 2.75) is 50.8 Å². The number of unbranched alkanes of at least 4 members (excludes halogenated alkanes) is 1. The highest BCUT2D eigenvalue weighted by Crippen LogP contribution is 2.44. The van der Waals surface area contributed by atoms with Crippen LogP contribution in [0.25, 0.3) is 0 Å². The second kappa shape index (κ2) is 7.12. The number of hydrogen-bond acceptors (Lipinski definition) is 1. The Morgan fingerprint density at radius 1 is 1.32 bits per heavy atom. The van der Waals surface area contributed by atoms with Gasteiger partial charge < -0.3 is 4.74 Å². The van der Waals surface area contributed by atoms with Crippen LogP contribution in [0.5, 0.6) is 5.75 Å². The smallest absolute Gasteiger partial charge is 0.127 e. The van der Waals surface area contributed by atoms with E-state index in [-0.39, 0.29) is 0 Å². The molecule has 0 saturated heterocycles. The summed E-state index contributed by atoms with van der Waals surface area (Å²) in [6.45, 7) is 5.37. The molecule has 1 aliphatic heterocycles. The van der Waals surface area contributed by atoms with E-state index in [9.17, 15) is 0 Å². The minimum atomic E-state index is 0.397. The van der Waals surface area contributed by atoms with Crippen molar-refractivity contribution in [3.8, 4) is 5.75 Å². The molecule has 2 atom stereocenters. The fraction of sp³-hybridized carbons (Fsp3) is 0.625. The van der Waals surface area contributed by atoms with Gasteiger partial charge in [0.25, 0.3) is 0 Å². The summed E-state index contributed by atoms with van der Waals surface area (Å²) in [7, 11) is 0. The summed E-state index contributed by atoms with van der Waals surface area (Å²) in [5, 5.41) is 0. The van der Waals surface area contributed by atoms with E-state index in [0.29, 0.717) is 10.7 Å². The number of benzene rings is 1. The molecule has 0 amide bonds. The first-order valence-electron chi connectivity index (χ1n) is 7.26. The summed E-state index contributed by atoms with van der Waals surface area (Å²) in [4.78, 5) is 0.397. The van der Waals surface area contributed by atoms with Gasteiger partial charge in [-0.05, 0) is 30.0 Å². The van der Waals surface area contributed by atoms with Crippen molar-refractivity contribution >= 4 is 31.9 Å². The van der Waals surface area contributed by atoms with Crippen LogP contribution in [0.3, 0.4) is 0 Å². The zero-order chi connectivity index (χ0) is 13.8. The fourth-order valence-electron chi connectivity index (χ4n) is 2.78. The highest BCUT2D eigenvalue weighted by molar-refractivity contribution is 9.10. The first-order valence-corrected chi connectivity index (χ1v) is 8.97. The van der Waals surface area contributed by atoms with Gasteiger partial charge in [-0.2, -0.15) is 0 Å². The predicted molar refractivity (Wildman–Crippen MR) is 88.3 cm³/mol. The van der Waals surface area contributed by atoms with Crippen LogP contribution in [0.1, 0.15) is 55.5 Å². The maximum atomic E-state index is 5.85. The molecule has 2 unspecified atom stereocenters. The Morgan fingerprint density at radius 2 is 2.11 bits per heavy atom. The molecule has 0 saturated carbocycles. The molecular weight excluding hydrogens is 368 g/mol. The van der Waals surface area contributed by atoms with Crippen LogP contribution >= 0.6 is 31.9 Å². The first-order chi connectivity index (χ1) is 9.17. The number of hydrogen-bond donors (Lipinski definition) is 0. The molecule has 19 heavy (non-hydrogen) atoms. The Labute approximate surface area is 133 Å². The number of halogens is 2. The molecule has 3 heteroatoms. The Kier molecular flexibility index (Phi) is 5.76. The molecule has 0 N–H and O–H groups in total. The standard InChI is InChI=1S/C16H22Br2O/c1-3-5-6-11(4-2)15(18)14-10-13(17)9-12-7-8-19-16(12)14/h9-11,15H,3-8H2,1-2H3. The Bertz CT molecular complexity index is 431. The lowest BCUT2D eigenvalue weighted by Gasteiger charge is -2.23. The summed E-state index contributed by atoms with van der Waals surface area (Å²) in [5.41, 5.74) is 2.67. The van der Waals surface area contributed by atoms with E-state index in [1.165, 1.54) is 41.3 Å². The van der Waals surface area contributed by atoms with E-state index in [4.69, 9.17) is 4.74 Å². The van der Waals surface area contributed by atoms with Crippen LogP contribution in [0, 0.1) is 5.92 Å². The summed E-state index contributed by atoms with van der Waals surface area (Å²) < 4.78 is 7.02. The number of ether oxygens (including phenoxy) is 1. The molecule has 1 aromatic carbocycles. The third-order valence-corrected chi connectivity index (χ3v) is 5.64. The Morgan fingerprint density at radius 3 is 2.79 bits per heavy atom. The average Bonchev–Trinajstić information content (AvgIpc) is 2.86. The van der Waals surface area contributed by atoms with Crippen molar-refractivity contribution in [3.05, 3.63) is 27.7 Å². The molecule has 0 radical (unpaired) electrons. The molecule has 1 aliphatic rings. The summed E-state index contributed by atoms with van der Waals surface area (Å²) in [5.74, 6) is 1.81. The van der Waals surface area contributed by atoms with Gasteiger partial charge in [-0.3, -0.25) is 0 Å². The summed E-state index contributed by atoms with van der Waals surface area (Å²) >= 11 is 7.56. The van der Waals surface area contributed by atoms with Crippen molar-refractivity contribution in [2.75, 3.05) is 6.61 Å². The van der Waals surface area contributed by atoms with Crippen molar-refractivity contribution in [1.82, 2.24) is 0 Å². The Balaban J connectivity index is 2.25.